The SMILES string of the molecule is CC(C)c1ncccc1-c1cccc(C(=O)N(C)C)c1. The average Bonchev–Trinajstić information content (AvgIpc) is 2.46. The number of pyridine rings is 1. The van der Waals surface area contributed by atoms with Crippen molar-refractivity contribution in [3.8, 4) is 11.1 Å². The zero-order chi connectivity index (χ0) is 14.7. The summed E-state index contributed by atoms with van der Waals surface area (Å²) in [6.45, 7) is 4.25. The second kappa shape index (κ2) is 5.87. The Hall–Kier alpha value is -2.16. The van der Waals surface area contributed by atoms with Gasteiger partial charge in [0, 0.05) is 31.4 Å². The lowest BCUT2D eigenvalue weighted by Crippen LogP contribution is -2.21. The third-order valence-corrected chi connectivity index (χ3v) is 3.21. The molecule has 1 amide bonds. The minimum Gasteiger partial charge on any atom is -0.345 e. The number of rotatable bonds is 3. The van der Waals surface area contributed by atoms with E-state index in [-0.39, 0.29) is 5.91 Å². The molecule has 3 nitrogen and oxygen atoms in total. The van der Waals surface area contributed by atoms with Gasteiger partial charge in [0.25, 0.3) is 5.91 Å². The van der Waals surface area contributed by atoms with E-state index in [0.717, 1.165) is 16.8 Å². The number of benzene rings is 1. The van der Waals surface area contributed by atoms with Crippen LogP contribution < -0.4 is 0 Å². The van der Waals surface area contributed by atoms with Crippen LogP contribution in [0.3, 0.4) is 0 Å². The maximum absolute atomic E-state index is 12.1. The van der Waals surface area contributed by atoms with Crippen molar-refractivity contribution in [2.24, 2.45) is 0 Å². The van der Waals surface area contributed by atoms with E-state index in [1.54, 1.807) is 19.0 Å². The van der Waals surface area contributed by atoms with Crippen LogP contribution >= 0.6 is 0 Å². The summed E-state index contributed by atoms with van der Waals surface area (Å²) in [5.74, 6) is 0.362. The molecule has 0 spiro atoms. The molecular weight excluding hydrogens is 248 g/mol. The van der Waals surface area contributed by atoms with Gasteiger partial charge < -0.3 is 4.90 Å². The van der Waals surface area contributed by atoms with Crippen LogP contribution in [0.1, 0.15) is 35.8 Å². The summed E-state index contributed by atoms with van der Waals surface area (Å²) in [5.41, 5.74) is 3.89. The van der Waals surface area contributed by atoms with Gasteiger partial charge in [-0.1, -0.05) is 32.0 Å². The predicted molar refractivity (Wildman–Crippen MR) is 81.8 cm³/mol. The van der Waals surface area contributed by atoms with Crippen molar-refractivity contribution in [2.45, 2.75) is 19.8 Å². The molecule has 104 valence electrons. The van der Waals surface area contributed by atoms with Gasteiger partial charge in [0.05, 0.1) is 5.69 Å². The maximum atomic E-state index is 12.1. The van der Waals surface area contributed by atoms with E-state index in [4.69, 9.17) is 0 Å². The molecule has 1 aromatic heterocycles. The molecule has 0 N–H and O–H groups in total. The molecule has 0 saturated carbocycles. The van der Waals surface area contributed by atoms with E-state index in [1.807, 2.05) is 36.5 Å². The molecule has 2 aromatic rings. The van der Waals surface area contributed by atoms with Crippen molar-refractivity contribution in [1.82, 2.24) is 9.88 Å². The molecule has 20 heavy (non-hydrogen) atoms. The third-order valence-electron chi connectivity index (χ3n) is 3.21. The van der Waals surface area contributed by atoms with Crippen molar-refractivity contribution in [3.05, 3.63) is 53.9 Å². The van der Waals surface area contributed by atoms with E-state index in [0.29, 0.717) is 11.5 Å². The Kier molecular flexibility index (Phi) is 4.18. The minimum atomic E-state index is 0.0156. The highest BCUT2D eigenvalue weighted by atomic mass is 16.2. The number of hydrogen-bond acceptors (Lipinski definition) is 2. The lowest BCUT2D eigenvalue weighted by Gasteiger charge is -2.14. The van der Waals surface area contributed by atoms with E-state index in [2.05, 4.69) is 24.9 Å². The van der Waals surface area contributed by atoms with Crippen molar-refractivity contribution in [3.63, 3.8) is 0 Å². The number of aromatic nitrogens is 1. The fraction of sp³-hybridized carbons (Fsp3) is 0.294. The van der Waals surface area contributed by atoms with E-state index in [9.17, 15) is 4.79 Å². The fourth-order valence-corrected chi connectivity index (χ4v) is 2.20. The number of hydrogen-bond donors (Lipinski definition) is 0. The quantitative estimate of drug-likeness (QED) is 0.852. The number of nitrogens with zero attached hydrogens (tertiary/aromatic N) is 2. The molecule has 0 aliphatic carbocycles. The van der Waals surface area contributed by atoms with Crippen LogP contribution in [0.5, 0.6) is 0 Å². The van der Waals surface area contributed by atoms with Crippen molar-refractivity contribution >= 4 is 5.91 Å². The third kappa shape index (κ3) is 2.87. The van der Waals surface area contributed by atoms with Gasteiger partial charge in [0.2, 0.25) is 0 Å². The van der Waals surface area contributed by atoms with Crippen LogP contribution in [0.25, 0.3) is 11.1 Å². The first-order chi connectivity index (χ1) is 9.50. The molecular formula is C17H20N2O. The van der Waals surface area contributed by atoms with Crippen LogP contribution in [-0.2, 0) is 0 Å². The van der Waals surface area contributed by atoms with Gasteiger partial charge in [-0.05, 0) is 29.7 Å². The van der Waals surface area contributed by atoms with Gasteiger partial charge in [0.1, 0.15) is 0 Å². The molecule has 3 heteroatoms. The molecule has 0 unspecified atom stereocenters. The van der Waals surface area contributed by atoms with Crippen LogP contribution in [0.15, 0.2) is 42.6 Å². The summed E-state index contributed by atoms with van der Waals surface area (Å²) >= 11 is 0. The summed E-state index contributed by atoms with van der Waals surface area (Å²) in [6, 6.07) is 11.7. The molecule has 0 aliphatic rings. The fourth-order valence-electron chi connectivity index (χ4n) is 2.20. The number of carbonyl (C=O) groups is 1. The summed E-state index contributed by atoms with van der Waals surface area (Å²) in [5, 5.41) is 0. The smallest absolute Gasteiger partial charge is 0.253 e. The Morgan fingerprint density at radius 2 is 1.90 bits per heavy atom. The van der Waals surface area contributed by atoms with E-state index < -0.39 is 0 Å². The van der Waals surface area contributed by atoms with Gasteiger partial charge >= 0.3 is 0 Å². The normalized spacial score (nSPS) is 10.7. The molecule has 0 radical (unpaired) electrons. The second-order valence-electron chi connectivity index (χ2n) is 5.37. The summed E-state index contributed by atoms with van der Waals surface area (Å²) < 4.78 is 0. The van der Waals surface area contributed by atoms with Gasteiger partial charge in [0.15, 0.2) is 0 Å². The zero-order valence-electron chi connectivity index (χ0n) is 12.4. The molecule has 2 rings (SSSR count). The summed E-state index contributed by atoms with van der Waals surface area (Å²) in [6.07, 6.45) is 1.81. The molecule has 0 aliphatic heterocycles. The molecule has 0 atom stereocenters. The van der Waals surface area contributed by atoms with Gasteiger partial charge in [-0.3, -0.25) is 9.78 Å². The molecule has 0 fully saturated rings. The predicted octanol–water partition coefficient (Wildman–Crippen LogP) is 3.57. The first-order valence-electron chi connectivity index (χ1n) is 6.77. The highest BCUT2D eigenvalue weighted by Crippen LogP contribution is 2.27. The van der Waals surface area contributed by atoms with Crippen molar-refractivity contribution in [2.75, 3.05) is 14.1 Å². The monoisotopic (exact) mass is 268 g/mol. The highest BCUT2D eigenvalue weighted by Gasteiger charge is 2.12. The zero-order valence-corrected chi connectivity index (χ0v) is 12.4. The largest absolute Gasteiger partial charge is 0.345 e. The number of carbonyl (C=O) groups excluding carboxylic acids is 1. The van der Waals surface area contributed by atoms with Crippen LogP contribution in [0.2, 0.25) is 0 Å². The minimum absolute atomic E-state index is 0.0156. The number of amides is 1. The second-order valence-corrected chi connectivity index (χ2v) is 5.37. The summed E-state index contributed by atoms with van der Waals surface area (Å²) in [7, 11) is 3.53. The molecule has 0 bridgehead atoms. The van der Waals surface area contributed by atoms with Gasteiger partial charge in [-0.2, -0.15) is 0 Å². The van der Waals surface area contributed by atoms with Crippen molar-refractivity contribution < 1.29 is 4.79 Å². The Morgan fingerprint density at radius 3 is 2.55 bits per heavy atom. The Balaban J connectivity index is 2.49. The van der Waals surface area contributed by atoms with E-state index >= 15 is 0 Å². The standard InChI is InChI=1S/C17H20N2O/c1-12(2)16-15(9-6-10-18-16)13-7-5-8-14(11-13)17(20)19(3)4/h5-12H,1-4H3. The Morgan fingerprint density at radius 1 is 1.15 bits per heavy atom. The first-order valence-corrected chi connectivity index (χ1v) is 6.77. The Labute approximate surface area is 120 Å². The van der Waals surface area contributed by atoms with Crippen LogP contribution in [0, 0.1) is 0 Å². The topological polar surface area (TPSA) is 33.2 Å². The van der Waals surface area contributed by atoms with E-state index in [1.165, 1.54) is 0 Å². The lowest BCUT2D eigenvalue weighted by molar-refractivity contribution is 0.0827. The average molecular weight is 268 g/mol. The van der Waals surface area contributed by atoms with Crippen molar-refractivity contribution in [1.29, 1.82) is 0 Å². The maximum Gasteiger partial charge on any atom is 0.253 e. The van der Waals surface area contributed by atoms with Gasteiger partial charge in [-0.15, -0.1) is 0 Å². The molecule has 1 aromatic carbocycles. The molecule has 0 saturated heterocycles. The lowest BCUT2D eigenvalue weighted by atomic mass is 9.96. The molecule has 1 heterocycles. The Bertz CT molecular complexity index is 618. The van der Waals surface area contributed by atoms with Gasteiger partial charge in [-0.25, -0.2) is 0 Å². The van der Waals surface area contributed by atoms with Crippen LogP contribution in [-0.4, -0.2) is 29.9 Å². The van der Waals surface area contributed by atoms with Crippen LogP contribution in [0.4, 0.5) is 0 Å². The first kappa shape index (κ1) is 14.3. The summed E-state index contributed by atoms with van der Waals surface area (Å²) in [4.78, 5) is 18.1. The highest BCUT2D eigenvalue weighted by molar-refractivity contribution is 5.95.